The van der Waals surface area contributed by atoms with Crippen LogP contribution in [0, 0.1) is 0 Å². The van der Waals surface area contributed by atoms with Gasteiger partial charge in [0.1, 0.15) is 16.2 Å². The smallest absolute Gasteiger partial charge is 0.126 e. The molecule has 4 rings (SSSR count). The predicted octanol–water partition coefficient (Wildman–Crippen LogP) is 5.32. The van der Waals surface area contributed by atoms with E-state index in [2.05, 4.69) is 37.3 Å². The molecule has 136 valence electrons. The molecule has 0 bridgehead atoms. The lowest BCUT2D eigenvalue weighted by Gasteiger charge is -2.33. The summed E-state index contributed by atoms with van der Waals surface area (Å²) < 4.78 is 7.25. The first kappa shape index (κ1) is 17.9. The Balaban J connectivity index is 2.01. The first-order chi connectivity index (χ1) is 12.5. The molecule has 0 N–H and O–H groups in total. The highest BCUT2D eigenvalue weighted by Gasteiger charge is 2.31. The van der Waals surface area contributed by atoms with Gasteiger partial charge in [0.15, 0.2) is 0 Å². The molecule has 0 atom stereocenters. The third-order valence-electron chi connectivity index (χ3n) is 4.71. The molecule has 1 aliphatic heterocycles. The number of nitrogens with zero attached hydrogens (tertiary/aromatic N) is 3. The molecule has 6 heteroatoms. The van der Waals surface area contributed by atoms with Gasteiger partial charge in [-0.25, -0.2) is 15.0 Å². The molecule has 0 unspecified atom stereocenters. The Morgan fingerprint density at radius 3 is 2.96 bits per heavy atom. The summed E-state index contributed by atoms with van der Waals surface area (Å²) >= 11 is 3.43. The quantitative estimate of drug-likeness (QED) is 0.338. The van der Waals surface area contributed by atoms with E-state index < -0.39 is 0 Å². The van der Waals surface area contributed by atoms with Gasteiger partial charge in [0.05, 0.1) is 22.4 Å². The highest BCUT2D eigenvalue weighted by Crippen LogP contribution is 2.42. The molecule has 3 aromatic heterocycles. The van der Waals surface area contributed by atoms with Crippen molar-refractivity contribution in [3.05, 3.63) is 35.8 Å². The van der Waals surface area contributed by atoms with Gasteiger partial charge < -0.3 is 4.74 Å². The van der Waals surface area contributed by atoms with Gasteiger partial charge in [0, 0.05) is 28.8 Å². The van der Waals surface area contributed by atoms with Crippen molar-refractivity contribution in [2.24, 2.45) is 0 Å². The van der Waals surface area contributed by atoms with Crippen molar-refractivity contribution in [3.63, 3.8) is 0 Å². The highest BCUT2D eigenvalue weighted by atomic mass is 32.2. The average Bonchev–Trinajstić information content (AvgIpc) is 2.98. The second-order valence-electron chi connectivity index (χ2n) is 7.23. The van der Waals surface area contributed by atoms with Crippen molar-refractivity contribution in [2.75, 3.05) is 5.75 Å². The lowest BCUT2D eigenvalue weighted by molar-refractivity contribution is -0.0401. The third-order valence-corrected chi connectivity index (χ3v) is 6.90. The minimum absolute atomic E-state index is 0.160. The molecule has 0 radical (unpaired) electrons. The van der Waals surface area contributed by atoms with Crippen molar-refractivity contribution >= 4 is 43.5 Å². The van der Waals surface area contributed by atoms with Gasteiger partial charge in [-0.1, -0.05) is 19.4 Å². The summed E-state index contributed by atoms with van der Waals surface area (Å²) in [6, 6.07) is 0. The van der Waals surface area contributed by atoms with Crippen LogP contribution in [-0.4, -0.2) is 26.3 Å². The molecule has 4 nitrogen and oxygen atoms in total. The zero-order valence-corrected chi connectivity index (χ0v) is 17.1. The molecule has 1 aliphatic rings. The van der Waals surface area contributed by atoms with E-state index in [0.717, 1.165) is 45.1 Å². The monoisotopic (exact) mass is 385 g/mol. The van der Waals surface area contributed by atoms with Crippen molar-refractivity contribution in [1.82, 2.24) is 15.0 Å². The molecule has 0 aromatic carbocycles. The summed E-state index contributed by atoms with van der Waals surface area (Å²) in [6.07, 6.45) is 6.55. The van der Waals surface area contributed by atoms with Gasteiger partial charge in [-0.3, -0.25) is 0 Å². The first-order valence-corrected chi connectivity index (χ1v) is 10.8. The van der Waals surface area contributed by atoms with Crippen LogP contribution in [0.5, 0.6) is 0 Å². The van der Waals surface area contributed by atoms with Gasteiger partial charge >= 0.3 is 0 Å². The number of aryl methyl sites for hydroxylation is 1. The number of fused-ring (bicyclic) bond motifs is 5. The van der Waals surface area contributed by atoms with Crippen molar-refractivity contribution in [2.45, 2.75) is 57.3 Å². The van der Waals surface area contributed by atoms with Crippen LogP contribution in [0.3, 0.4) is 0 Å². The highest BCUT2D eigenvalue weighted by molar-refractivity contribution is 7.99. The molecule has 0 saturated heterocycles. The van der Waals surface area contributed by atoms with Crippen LogP contribution >= 0.6 is 23.1 Å². The van der Waals surface area contributed by atoms with E-state index in [9.17, 15) is 0 Å². The fraction of sp³-hybridized carbons (Fsp3) is 0.450. The molecular formula is C20H23N3OS2. The van der Waals surface area contributed by atoms with Crippen LogP contribution in [0.25, 0.3) is 20.4 Å². The summed E-state index contributed by atoms with van der Waals surface area (Å²) in [6.45, 7) is 11.0. The average molecular weight is 386 g/mol. The maximum Gasteiger partial charge on any atom is 0.126 e. The molecular weight excluding hydrogens is 362 g/mol. The number of aromatic nitrogens is 3. The van der Waals surface area contributed by atoms with Crippen molar-refractivity contribution < 1.29 is 4.74 Å². The van der Waals surface area contributed by atoms with E-state index in [1.165, 1.54) is 22.2 Å². The Hall–Kier alpha value is -1.50. The lowest BCUT2D eigenvalue weighted by atomic mass is 9.88. The van der Waals surface area contributed by atoms with Crippen LogP contribution in [-0.2, 0) is 24.2 Å². The van der Waals surface area contributed by atoms with Crippen molar-refractivity contribution in [3.8, 4) is 0 Å². The first-order valence-electron chi connectivity index (χ1n) is 8.99. The van der Waals surface area contributed by atoms with E-state index in [4.69, 9.17) is 9.72 Å². The number of thiophene rings is 1. The largest absolute Gasteiger partial charge is 0.370 e. The molecule has 26 heavy (non-hydrogen) atoms. The van der Waals surface area contributed by atoms with E-state index >= 15 is 0 Å². The van der Waals surface area contributed by atoms with Gasteiger partial charge in [-0.15, -0.1) is 29.7 Å². The zero-order valence-electron chi connectivity index (χ0n) is 15.5. The summed E-state index contributed by atoms with van der Waals surface area (Å²) in [4.78, 5) is 15.3. The normalized spacial score (nSPS) is 16.1. The van der Waals surface area contributed by atoms with E-state index in [1.807, 2.05) is 6.08 Å². The Morgan fingerprint density at radius 2 is 2.19 bits per heavy atom. The van der Waals surface area contributed by atoms with Crippen LogP contribution in [0.15, 0.2) is 24.0 Å². The number of hydrogen-bond donors (Lipinski definition) is 0. The van der Waals surface area contributed by atoms with Gasteiger partial charge in [0.2, 0.25) is 0 Å². The zero-order chi connectivity index (χ0) is 18.3. The minimum atomic E-state index is -0.160. The molecule has 3 aromatic rings. The van der Waals surface area contributed by atoms with Gasteiger partial charge in [-0.2, -0.15) is 0 Å². The second-order valence-corrected chi connectivity index (χ2v) is 9.24. The maximum atomic E-state index is 6.11. The lowest BCUT2D eigenvalue weighted by Crippen LogP contribution is -2.32. The topological polar surface area (TPSA) is 47.9 Å². The summed E-state index contributed by atoms with van der Waals surface area (Å²) in [5.74, 6) is 0.841. The minimum Gasteiger partial charge on any atom is -0.370 e. The number of hydrogen-bond acceptors (Lipinski definition) is 6. The fourth-order valence-corrected chi connectivity index (χ4v) is 5.53. The Bertz CT molecular complexity index is 994. The van der Waals surface area contributed by atoms with Crippen LogP contribution < -0.4 is 0 Å². The molecule has 0 fully saturated rings. The van der Waals surface area contributed by atoms with E-state index in [1.54, 1.807) is 29.4 Å². The van der Waals surface area contributed by atoms with Gasteiger partial charge in [0.25, 0.3) is 0 Å². The summed E-state index contributed by atoms with van der Waals surface area (Å²) in [5.41, 5.74) is 4.71. The predicted molar refractivity (Wildman–Crippen MR) is 110 cm³/mol. The van der Waals surface area contributed by atoms with Crippen LogP contribution in [0.2, 0.25) is 0 Å². The molecule has 4 heterocycles. The molecule has 0 spiro atoms. The molecule has 0 aliphatic carbocycles. The molecule has 0 saturated carbocycles. The number of pyridine rings is 1. The molecule has 0 amide bonds. The SMILES string of the molecule is C=CCSc1ncnc2c1sc1nc(CCC)c3c(c12)CC(C)(C)OC3. The van der Waals surface area contributed by atoms with E-state index in [0.29, 0.717) is 6.61 Å². The third kappa shape index (κ3) is 3.04. The van der Waals surface area contributed by atoms with E-state index in [-0.39, 0.29) is 5.60 Å². The number of rotatable bonds is 5. The Labute approximate surface area is 162 Å². The van der Waals surface area contributed by atoms with Gasteiger partial charge in [-0.05, 0) is 25.8 Å². The Kier molecular flexibility index (Phi) is 4.75. The van der Waals surface area contributed by atoms with Crippen LogP contribution in [0.1, 0.15) is 44.0 Å². The van der Waals surface area contributed by atoms with Crippen molar-refractivity contribution in [1.29, 1.82) is 0 Å². The van der Waals surface area contributed by atoms with Crippen LogP contribution in [0.4, 0.5) is 0 Å². The summed E-state index contributed by atoms with van der Waals surface area (Å²) in [7, 11) is 0. The maximum absolute atomic E-state index is 6.11. The number of ether oxygens (including phenoxy) is 1. The number of thioether (sulfide) groups is 1. The summed E-state index contributed by atoms with van der Waals surface area (Å²) in [5, 5.41) is 2.23. The standard InChI is InChI=1S/C20H23N3OS2/c1-5-7-14-13-10-24-20(3,4)9-12(13)15-16-17(26-18(15)23-14)19(22-11-21-16)25-8-6-2/h6,11H,2,5,7-10H2,1,3-4H3. The Morgan fingerprint density at radius 1 is 1.35 bits per heavy atom. The second kappa shape index (κ2) is 6.91. The fourth-order valence-electron chi connectivity index (χ4n) is 3.54.